The molecule has 0 radical (unpaired) electrons. The van der Waals surface area contributed by atoms with Gasteiger partial charge in [0.2, 0.25) is 5.91 Å². The fourth-order valence-electron chi connectivity index (χ4n) is 6.41. The summed E-state index contributed by atoms with van der Waals surface area (Å²) in [6, 6.07) is 18.8. The standard InChI is InChI=1S/C30H44N2O/c1-20(2)31(21(3)4)24(9)18-19-30(29(33)32(22(5)6)23(7)8)27-16-12-10-14-25(27)26-15-11-13-17-28(26)30/h10-17,20-24H,18-19H2,1-9H3. The Morgan fingerprint density at radius 2 is 1.12 bits per heavy atom. The first-order valence-corrected chi connectivity index (χ1v) is 12.8. The molecule has 2 aromatic carbocycles. The molecule has 33 heavy (non-hydrogen) atoms. The third-order valence-electron chi connectivity index (χ3n) is 7.41. The van der Waals surface area contributed by atoms with Crippen LogP contribution in [0.4, 0.5) is 0 Å². The number of carbonyl (C=O) groups excluding carboxylic acids is 1. The Bertz CT molecular complexity index is 898. The molecule has 0 heterocycles. The topological polar surface area (TPSA) is 23.6 Å². The highest BCUT2D eigenvalue weighted by Crippen LogP contribution is 2.52. The van der Waals surface area contributed by atoms with Crippen LogP contribution in [0.1, 0.15) is 86.3 Å². The van der Waals surface area contributed by atoms with Gasteiger partial charge < -0.3 is 4.90 Å². The maximum Gasteiger partial charge on any atom is 0.238 e. The third kappa shape index (κ3) is 4.49. The van der Waals surface area contributed by atoms with Crippen LogP contribution in [0.5, 0.6) is 0 Å². The van der Waals surface area contributed by atoms with Gasteiger partial charge in [0.1, 0.15) is 5.41 Å². The van der Waals surface area contributed by atoms with Gasteiger partial charge in [0.15, 0.2) is 0 Å². The highest BCUT2D eigenvalue weighted by molar-refractivity contribution is 6.00. The van der Waals surface area contributed by atoms with E-state index in [2.05, 4.69) is 121 Å². The number of fused-ring (bicyclic) bond motifs is 3. The Balaban J connectivity index is 2.16. The Morgan fingerprint density at radius 3 is 1.52 bits per heavy atom. The summed E-state index contributed by atoms with van der Waals surface area (Å²) >= 11 is 0. The zero-order valence-electron chi connectivity index (χ0n) is 22.2. The number of hydrogen-bond donors (Lipinski definition) is 0. The molecule has 0 N–H and O–H groups in total. The summed E-state index contributed by atoms with van der Waals surface area (Å²) < 4.78 is 0. The Labute approximate surface area is 202 Å². The zero-order valence-corrected chi connectivity index (χ0v) is 22.2. The molecule has 2 aromatic rings. The van der Waals surface area contributed by atoms with Crippen LogP contribution in [0.25, 0.3) is 11.1 Å². The molecule has 3 heteroatoms. The second-order valence-corrected chi connectivity index (χ2v) is 10.9. The minimum absolute atomic E-state index is 0.148. The predicted octanol–water partition coefficient (Wildman–Crippen LogP) is 6.89. The Morgan fingerprint density at radius 1 is 0.697 bits per heavy atom. The van der Waals surface area contributed by atoms with E-state index in [9.17, 15) is 4.79 Å². The van der Waals surface area contributed by atoms with Gasteiger partial charge in [-0.3, -0.25) is 9.69 Å². The van der Waals surface area contributed by atoms with E-state index in [-0.39, 0.29) is 18.0 Å². The van der Waals surface area contributed by atoms with Crippen LogP contribution in [-0.2, 0) is 10.2 Å². The van der Waals surface area contributed by atoms with Gasteiger partial charge in [-0.05, 0) is 97.4 Å². The molecular weight excluding hydrogens is 404 g/mol. The van der Waals surface area contributed by atoms with Gasteiger partial charge in [-0.2, -0.15) is 0 Å². The molecule has 0 spiro atoms. The molecule has 1 amide bonds. The van der Waals surface area contributed by atoms with Crippen LogP contribution >= 0.6 is 0 Å². The van der Waals surface area contributed by atoms with Crippen molar-refractivity contribution in [3.63, 3.8) is 0 Å². The van der Waals surface area contributed by atoms with Crippen LogP contribution in [0.2, 0.25) is 0 Å². The molecule has 1 atom stereocenters. The molecule has 0 saturated heterocycles. The lowest BCUT2D eigenvalue weighted by Crippen LogP contribution is -2.53. The first-order chi connectivity index (χ1) is 15.5. The van der Waals surface area contributed by atoms with E-state index in [1.54, 1.807) is 0 Å². The van der Waals surface area contributed by atoms with Crippen molar-refractivity contribution < 1.29 is 4.79 Å². The van der Waals surface area contributed by atoms with Crippen LogP contribution in [0, 0.1) is 0 Å². The van der Waals surface area contributed by atoms with E-state index in [1.165, 1.54) is 22.3 Å². The number of rotatable bonds is 9. The van der Waals surface area contributed by atoms with Gasteiger partial charge in [-0.25, -0.2) is 0 Å². The van der Waals surface area contributed by atoms with Gasteiger partial charge in [0.25, 0.3) is 0 Å². The smallest absolute Gasteiger partial charge is 0.238 e. The van der Waals surface area contributed by atoms with E-state index in [1.807, 2.05) is 0 Å². The lowest BCUT2D eigenvalue weighted by Gasteiger charge is -2.42. The summed E-state index contributed by atoms with van der Waals surface area (Å²) in [6.45, 7) is 20.0. The van der Waals surface area contributed by atoms with Crippen molar-refractivity contribution in [3.8, 4) is 11.1 Å². The zero-order chi connectivity index (χ0) is 24.5. The van der Waals surface area contributed by atoms with Gasteiger partial charge >= 0.3 is 0 Å². The van der Waals surface area contributed by atoms with E-state index in [4.69, 9.17) is 0 Å². The van der Waals surface area contributed by atoms with Crippen molar-refractivity contribution in [2.75, 3.05) is 0 Å². The first-order valence-electron chi connectivity index (χ1n) is 12.8. The molecule has 180 valence electrons. The molecule has 1 aliphatic rings. The average molecular weight is 449 g/mol. The highest BCUT2D eigenvalue weighted by Gasteiger charge is 2.51. The van der Waals surface area contributed by atoms with Crippen molar-refractivity contribution in [2.24, 2.45) is 0 Å². The van der Waals surface area contributed by atoms with Gasteiger partial charge in [-0.1, -0.05) is 48.5 Å². The van der Waals surface area contributed by atoms with Crippen LogP contribution in [-0.4, -0.2) is 45.9 Å². The summed E-state index contributed by atoms with van der Waals surface area (Å²) in [7, 11) is 0. The minimum atomic E-state index is -0.643. The summed E-state index contributed by atoms with van der Waals surface area (Å²) in [6.07, 6.45) is 1.78. The number of carbonyl (C=O) groups is 1. The molecular formula is C30H44N2O. The van der Waals surface area contributed by atoms with Gasteiger partial charge in [-0.15, -0.1) is 0 Å². The highest BCUT2D eigenvalue weighted by atomic mass is 16.2. The van der Waals surface area contributed by atoms with E-state index < -0.39 is 5.41 Å². The van der Waals surface area contributed by atoms with E-state index in [0.717, 1.165) is 12.8 Å². The summed E-state index contributed by atoms with van der Waals surface area (Å²) in [5, 5.41) is 0. The predicted molar refractivity (Wildman–Crippen MR) is 141 cm³/mol. The van der Waals surface area contributed by atoms with Gasteiger partial charge in [0, 0.05) is 30.2 Å². The van der Waals surface area contributed by atoms with Crippen LogP contribution in [0.15, 0.2) is 48.5 Å². The van der Waals surface area contributed by atoms with Crippen molar-refractivity contribution >= 4 is 5.91 Å². The molecule has 0 bridgehead atoms. The number of amides is 1. The molecule has 0 aliphatic heterocycles. The molecule has 0 aromatic heterocycles. The summed E-state index contributed by atoms with van der Waals surface area (Å²) in [5.74, 6) is 0.248. The number of nitrogens with zero attached hydrogens (tertiary/aromatic N) is 2. The largest absolute Gasteiger partial charge is 0.337 e. The monoisotopic (exact) mass is 448 g/mol. The molecule has 1 aliphatic carbocycles. The second-order valence-electron chi connectivity index (χ2n) is 10.9. The maximum atomic E-state index is 14.6. The lowest BCUT2D eigenvalue weighted by atomic mass is 9.72. The van der Waals surface area contributed by atoms with Crippen LogP contribution < -0.4 is 0 Å². The fraction of sp³-hybridized carbons (Fsp3) is 0.567. The fourth-order valence-corrected chi connectivity index (χ4v) is 6.41. The number of benzene rings is 2. The van der Waals surface area contributed by atoms with Crippen molar-refractivity contribution in [1.82, 2.24) is 9.80 Å². The molecule has 3 nitrogen and oxygen atoms in total. The van der Waals surface area contributed by atoms with Crippen molar-refractivity contribution in [3.05, 3.63) is 59.7 Å². The van der Waals surface area contributed by atoms with Crippen molar-refractivity contribution in [2.45, 2.75) is 111 Å². The Kier molecular flexibility index (Phi) is 7.73. The number of hydrogen-bond acceptors (Lipinski definition) is 2. The molecule has 1 unspecified atom stereocenters. The van der Waals surface area contributed by atoms with Gasteiger partial charge in [0.05, 0.1) is 0 Å². The maximum absolute atomic E-state index is 14.6. The molecule has 0 fully saturated rings. The SMILES string of the molecule is CC(C)N(C(=O)C1(CCC(C)N(C(C)C)C(C)C)c2ccccc2-c2ccccc21)C(C)C. The molecule has 3 rings (SSSR count). The lowest BCUT2D eigenvalue weighted by molar-refractivity contribution is -0.140. The normalized spacial score (nSPS) is 15.5. The third-order valence-corrected chi connectivity index (χ3v) is 7.41. The van der Waals surface area contributed by atoms with E-state index >= 15 is 0 Å². The first kappa shape index (κ1) is 25.5. The quantitative estimate of drug-likeness (QED) is 0.417. The van der Waals surface area contributed by atoms with Crippen molar-refractivity contribution in [1.29, 1.82) is 0 Å². The minimum Gasteiger partial charge on any atom is -0.337 e. The average Bonchev–Trinajstić information content (AvgIpc) is 3.02. The Hall–Kier alpha value is -2.13. The summed E-state index contributed by atoms with van der Waals surface area (Å²) in [4.78, 5) is 19.3. The molecule has 0 saturated carbocycles. The summed E-state index contributed by atoms with van der Waals surface area (Å²) in [5.41, 5.74) is 4.14. The van der Waals surface area contributed by atoms with Crippen LogP contribution in [0.3, 0.4) is 0 Å². The van der Waals surface area contributed by atoms with E-state index in [0.29, 0.717) is 18.1 Å². The second kappa shape index (κ2) is 10.0.